The molecule has 2 atom stereocenters. The molecule has 0 aromatic carbocycles. The first-order chi connectivity index (χ1) is 8.65. The molecule has 1 fully saturated rings. The highest BCUT2D eigenvalue weighted by atomic mass is 16.5. The van der Waals surface area contributed by atoms with Crippen LogP contribution in [-0.2, 0) is 9.47 Å². The average Bonchev–Trinajstić information content (AvgIpc) is 3.21. The van der Waals surface area contributed by atoms with Gasteiger partial charge in [0.2, 0.25) is 0 Å². The number of methoxy groups -OCH3 is 2. The third-order valence-electron chi connectivity index (χ3n) is 4.39. The second-order valence-electron chi connectivity index (χ2n) is 5.48. The van der Waals surface area contributed by atoms with Crippen molar-refractivity contribution in [1.82, 2.24) is 4.90 Å². The van der Waals surface area contributed by atoms with E-state index in [4.69, 9.17) is 15.2 Å². The molecule has 1 aliphatic rings. The average molecular weight is 258 g/mol. The van der Waals surface area contributed by atoms with E-state index in [9.17, 15) is 0 Å². The SMILES string of the molecule is CCC(CN)(COC)N(CCOC)C(C)C1CC1. The first-order valence-corrected chi connectivity index (χ1v) is 7.10. The van der Waals surface area contributed by atoms with E-state index in [1.807, 2.05) is 0 Å². The molecule has 0 heterocycles. The number of hydrogen-bond acceptors (Lipinski definition) is 4. The Balaban J connectivity index is 2.80. The van der Waals surface area contributed by atoms with Crippen LogP contribution in [0.2, 0.25) is 0 Å². The molecule has 18 heavy (non-hydrogen) atoms. The summed E-state index contributed by atoms with van der Waals surface area (Å²) in [6, 6.07) is 0.568. The van der Waals surface area contributed by atoms with Crippen molar-refractivity contribution in [2.24, 2.45) is 11.7 Å². The van der Waals surface area contributed by atoms with Gasteiger partial charge in [0.15, 0.2) is 0 Å². The molecule has 0 aliphatic heterocycles. The lowest BCUT2D eigenvalue weighted by Gasteiger charge is -2.46. The minimum atomic E-state index is -0.0463. The van der Waals surface area contributed by atoms with E-state index in [2.05, 4.69) is 18.7 Å². The Morgan fingerprint density at radius 3 is 2.39 bits per heavy atom. The quantitative estimate of drug-likeness (QED) is 0.645. The van der Waals surface area contributed by atoms with Crippen LogP contribution in [0.5, 0.6) is 0 Å². The van der Waals surface area contributed by atoms with Gasteiger partial charge in [-0.1, -0.05) is 6.92 Å². The highest BCUT2D eigenvalue weighted by Gasteiger charge is 2.41. The molecular weight excluding hydrogens is 228 g/mol. The molecule has 2 unspecified atom stereocenters. The summed E-state index contributed by atoms with van der Waals surface area (Å²) in [5.74, 6) is 0.830. The summed E-state index contributed by atoms with van der Waals surface area (Å²) < 4.78 is 10.7. The highest BCUT2D eigenvalue weighted by Crippen LogP contribution is 2.38. The van der Waals surface area contributed by atoms with E-state index < -0.39 is 0 Å². The molecule has 0 bridgehead atoms. The lowest BCUT2D eigenvalue weighted by Crippen LogP contribution is -2.60. The second kappa shape index (κ2) is 7.43. The van der Waals surface area contributed by atoms with E-state index in [1.165, 1.54) is 12.8 Å². The van der Waals surface area contributed by atoms with Gasteiger partial charge in [0.1, 0.15) is 0 Å². The Morgan fingerprint density at radius 1 is 1.33 bits per heavy atom. The van der Waals surface area contributed by atoms with Crippen LogP contribution in [-0.4, -0.2) is 57.0 Å². The van der Waals surface area contributed by atoms with E-state index in [0.717, 1.165) is 25.5 Å². The maximum atomic E-state index is 6.07. The molecule has 0 aromatic rings. The van der Waals surface area contributed by atoms with Crippen molar-refractivity contribution in [1.29, 1.82) is 0 Å². The Hall–Kier alpha value is -0.160. The lowest BCUT2D eigenvalue weighted by atomic mass is 9.92. The maximum Gasteiger partial charge on any atom is 0.0659 e. The third-order valence-corrected chi connectivity index (χ3v) is 4.39. The molecule has 108 valence electrons. The van der Waals surface area contributed by atoms with Gasteiger partial charge >= 0.3 is 0 Å². The molecule has 0 amide bonds. The van der Waals surface area contributed by atoms with Crippen LogP contribution in [0.1, 0.15) is 33.1 Å². The molecule has 4 heteroatoms. The number of hydrogen-bond donors (Lipinski definition) is 1. The van der Waals surface area contributed by atoms with Gasteiger partial charge in [-0.25, -0.2) is 0 Å². The van der Waals surface area contributed by atoms with Crippen LogP contribution >= 0.6 is 0 Å². The molecule has 1 saturated carbocycles. The molecular formula is C14H30N2O2. The third kappa shape index (κ3) is 3.67. The van der Waals surface area contributed by atoms with E-state index in [0.29, 0.717) is 19.2 Å². The van der Waals surface area contributed by atoms with Crippen molar-refractivity contribution >= 4 is 0 Å². The molecule has 1 aliphatic carbocycles. The summed E-state index contributed by atoms with van der Waals surface area (Å²) in [7, 11) is 3.52. The smallest absolute Gasteiger partial charge is 0.0659 e. The number of rotatable bonds is 10. The van der Waals surface area contributed by atoms with Crippen LogP contribution in [0.15, 0.2) is 0 Å². The summed E-state index contributed by atoms with van der Waals surface area (Å²) in [5, 5.41) is 0. The summed E-state index contributed by atoms with van der Waals surface area (Å²) in [4.78, 5) is 2.53. The fourth-order valence-electron chi connectivity index (χ4n) is 2.87. The van der Waals surface area contributed by atoms with E-state index in [-0.39, 0.29) is 5.54 Å². The van der Waals surface area contributed by atoms with Gasteiger partial charge in [0.25, 0.3) is 0 Å². The van der Waals surface area contributed by atoms with E-state index >= 15 is 0 Å². The van der Waals surface area contributed by atoms with Gasteiger partial charge in [-0.15, -0.1) is 0 Å². The van der Waals surface area contributed by atoms with Crippen molar-refractivity contribution in [2.45, 2.75) is 44.7 Å². The fraction of sp³-hybridized carbons (Fsp3) is 1.00. The Morgan fingerprint density at radius 2 is 2.00 bits per heavy atom. The van der Waals surface area contributed by atoms with Crippen LogP contribution in [0, 0.1) is 5.92 Å². The Kier molecular flexibility index (Phi) is 6.57. The van der Waals surface area contributed by atoms with Gasteiger partial charge in [0, 0.05) is 33.4 Å². The standard InChI is InChI=1S/C14H30N2O2/c1-5-14(10-15,11-18-4)16(8-9-17-3)12(2)13-6-7-13/h12-13H,5-11,15H2,1-4H3. The van der Waals surface area contributed by atoms with Gasteiger partial charge in [-0.3, -0.25) is 4.90 Å². The van der Waals surface area contributed by atoms with Crippen molar-refractivity contribution in [3.05, 3.63) is 0 Å². The molecule has 1 rings (SSSR count). The summed E-state index contributed by atoms with van der Waals surface area (Å²) in [5.41, 5.74) is 6.03. The minimum Gasteiger partial charge on any atom is -0.383 e. The zero-order chi connectivity index (χ0) is 13.6. The molecule has 4 nitrogen and oxygen atoms in total. The van der Waals surface area contributed by atoms with Crippen molar-refractivity contribution in [3.63, 3.8) is 0 Å². The Labute approximate surface area is 112 Å². The topological polar surface area (TPSA) is 47.7 Å². The van der Waals surface area contributed by atoms with Gasteiger partial charge in [-0.05, 0) is 32.1 Å². The maximum absolute atomic E-state index is 6.07. The zero-order valence-electron chi connectivity index (χ0n) is 12.4. The molecule has 0 radical (unpaired) electrons. The summed E-state index contributed by atoms with van der Waals surface area (Å²) >= 11 is 0. The number of nitrogens with two attached hydrogens (primary N) is 1. The second-order valence-corrected chi connectivity index (χ2v) is 5.48. The first kappa shape index (κ1) is 15.9. The predicted octanol–water partition coefficient (Wildman–Crippen LogP) is 1.49. The van der Waals surface area contributed by atoms with Crippen LogP contribution in [0.4, 0.5) is 0 Å². The van der Waals surface area contributed by atoms with Gasteiger partial charge in [-0.2, -0.15) is 0 Å². The normalized spacial score (nSPS) is 21.0. The van der Waals surface area contributed by atoms with E-state index in [1.54, 1.807) is 14.2 Å². The number of ether oxygens (including phenoxy) is 2. The molecule has 2 N–H and O–H groups in total. The zero-order valence-corrected chi connectivity index (χ0v) is 12.4. The van der Waals surface area contributed by atoms with Crippen molar-refractivity contribution < 1.29 is 9.47 Å². The molecule has 0 aromatic heterocycles. The largest absolute Gasteiger partial charge is 0.383 e. The first-order valence-electron chi connectivity index (χ1n) is 7.10. The highest BCUT2D eigenvalue weighted by molar-refractivity contribution is 4.97. The van der Waals surface area contributed by atoms with Crippen LogP contribution in [0.25, 0.3) is 0 Å². The van der Waals surface area contributed by atoms with Crippen molar-refractivity contribution in [2.75, 3.05) is 40.5 Å². The van der Waals surface area contributed by atoms with Crippen molar-refractivity contribution in [3.8, 4) is 0 Å². The van der Waals surface area contributed by atoms with Gasteiger partial charge < -0.3 is 15.2 Å². The summed E-state index contributed by atoms with van der Waals surface area (Å²) in [6.45, 7) is 7.54. The molecule has 0 spiro atoms. The predicted molar refractivity (Wildman–Crippen MR) is 74.7 cm³/mol. The monoisotopic (exact) mass is 258 g/mol. The summed E-state index contributed by atoms with van der Waals surface area (Å²) in [6.07, 6.45) is 3.71. The van der Waals surface area contributed by atoms with Crippen LogP contribution < -0.4 is 5.73 Å². The van der Waals surface area contributed by atoms with Crippen LogP contribution in [0.3, 0.4) is 0 Å². The number of nitrogens with zero attached hydrogens (tertiary/aromatic N) is 1. The van der Waals surface area contributed by atoms with Gasteiger partial charge in [0.05, 0.1) is 18.8 Å². The lowest BCUT2D eigenvalue weighted by molar-refractivity contribution is -0.0281. The Bertz CT molecular complexity index is 228. The molecule has 0 saturated heterocycles. The fourth-order valence-corrected chi connectivity index (χ4v) is 2.87. The minimum absolute atomic E-state index is 0.0463.